The van der Waals surface area contributed by atoms with Crippen LogP contribution in [0.4, 0.5) is 0 Å². The molecule has 2 aromatic rings. The fraction of sp³-hybridized carbons (Fsp3) is 0.435. The zero-order chi connectivity index (χ0) is 20.1. The molecular formula is C23H29N3O3. The van der Waals surface area contributed by atoms with Gasteiger partial charge in [-0.25, -0.2) is 0 Å². The maximum atomic E-state index is 12.5. The summed E-state index contributed by atoms with van der Waals surface area (Å²) in [7, 11) is 1.89. The summed E-state index contributed by atoms with van der Waals surface area (Å²) in [6.07, 6.45) is 0.575. The first-order valence-corrected chi connectivity index (χ1v) is 10.3. The second kappa shape index (κ2) is 9.29. The molecule has 0 radical (unpaired) electrons. The summed E-state index contributed by atoms with van der Waals surface area (Å²) in [5.41, 5.74) is 2.42. The number of amides is 1. The smallest absolute Gasteiger partial charge is 0.231 e. The Morgan fingerprint density at radius 2 is 1.66 bits per heavy atom. The van der Waals surface area contributed by atoms with E-state index < -0.39 is 0 Å². The third kappa shape index (κ3) is 5.28. The van der Waals surface area contributed by atoms with E-state index in [1.54, 1.807) is 0 Å². The van der Waals surface area contributed by atoms with Crippen molar-refractivity contribution < 1.29 is 14.3 Å². The third-order valence-electron chi connectivity index (χ3n) is 5.64. The summed E-state index contributed by atoms with van der Waals surface area (Å²) in [4.78, 5) is 19.1. The lowest BCUT2D eigenvalue weighted by Gasteiger charge is -2.34. The standard InChI is InChI=1S/C23H29N3O3/c1-24(16-19-5-3-2-4-6-19)23(27)9-10-25-11-13-26(14-12-25)17-20-7-8-21-22(15-20)29-18-28-21/h2-8,15H,9-14,16-18H2,1H3. The summed E-state index contributed by atoms with van der Waals surface area (Å²) in [6, 6.07) is 16.3. The van der Waals surface area contributed by atoms with Gasteiger partial charge in [0.2, 0.25) is 12.7 Å². The number of piperazine rings is 1. The summed E-state index contributed by atoms with van der Waals surface area (Å²) >= 11 is 0. The minimum absolute atomic E-state index is 0.205. The summed E-state index contributed by atoms with van der Waals surface area (Å²) < 4.78 is 10.9. The molecule has 0 saturated carbocycles. The van der Waals surface area contributed by atoms with E-state index in [9.17, 15) is 4.79 Å². The zero-order valence-electron chi connectivity index (χ0n) is 17.0. The van der Waals surface area contributed by atoms with Crippen LogP contribution < -0.4 is 9.47 Å². The molecule has 6 heteroatoms. The van der Waals surface area contributed by atoms with Crippen molar-refractivity contribution in [2.24, 2.45) is 0 Å². The molecule has 2 heterocycles. The van der Waals surface area contributed by atoms with Gasteiger partial charge in [0.25, 0.3) is 0 Å². The Labute approximate surface area is 172 Å². The number of nitrogens with zero attached hydrogens (tertiary/aromatic N) is 3. The first kappa shape index (κ1) is 19.7. The number of hydrogen-bond acceptors (Lipinski definition) is 5. The van der Waals surface area contributed by atoms with Gasteiger partial charge >= 0.3 is 0 Å². The molecule has 1 fully saturated rings. The molecule has 29 heavy (non-hydrogen) atoms. The third-order valence-corrected chi connectivity index (χ3v) is 5.64. The average molecular weight is 396 g/mol. The van der Waals surface area contributed by atoms with Crippen LogP contribution in [0.15, 0.2) is 48.5 Å². The summed E-state index contributed by atoms with van der Waals surface area (Å²) in [5, 5.41) is 0. The second-order valence-electron chi connectivity index (χ2n) is 7.79. The summed E-state index contributed by atoms with van der Waals surface area (Å²) in [6.45, 7) is 6.77. The minimum Gasteiger partial charge on any atom is -0.454 e. The lowest BCUT2D eigenvalue weighted by molar-refractivity contribution is -0.130. The summed E-state index contributed by atoms with van der Waals surface area (Å²) in [5.74, 6) is 1.89. The highest BCUT2D eigenvalue weighted by atomic mass is 16.7. The maximum Gasteiger partial charge on any atom is 0.231 e. The molecule has 6 nitrogen and oxygen atoms in total. The Balaban J connectivity index is 1.17. The fourth-order valence-electron chi connectivity index (χ4n) is 3.86. The van der Waals surface area contributed by atoms with Gasteiger partial charge < -0.3 is 19.3 Å². The topological polar surface area (TPSA) is 45.3 Å². The molecule has 0 atom stereocenters. The van der Waals surface area contributed by atoms with Crippen molar-refractivity contribution in [3.63, 3.8) is 0 Å². The molecule has 1 saturated heterocycles. The van der Waals surface area contributed by atoms with E-state index >= 15 is 0 Å². The van der Waals surface area contributed by atoms with Crippen molar-refractivity contribution in [3.05, 3.63) is 59.7 Å². The van der Waals surface area contributed by atoms with Gasteiger partial charge in [0.1, 0.15) is 0 Å². The number of carbonyl (C=O) groups excluding carboxylic acids is 1. The fourth-order valence-corrected chi connectivity index (χ4v) is 3.86. The highest BCUT2D eigenvalue weighted by Crippen LogP contribution is 2.32. The quantitative estimate of drug-likeness (QED) is 0.721. The number of fused-ring (bicyclic) bond motifs is 1. The lowest BCUT2D eigenvalue weighted by atomic mass is 10.1. The van der Waals surface area contributed by atoms with E-state index in [1.165, 1.54) is 11.1 Å². The van der Waals surface area contributed by atoms with Gasteiger partial charge in [-0.3, -0.25) is 9.69 Å². The molecule has 4 rings (SSSR count). The molecule has 0 aliphatic carbocycles. The SMILES string of the molecule is CN(Cc1ccccc1)C(=O)CCN1CCN(Cc2ccc3c(c2)OCO3)CC1. The number of hydrogen-bond donors (Lipinski definition) is 0. The van der Waals surface area contributed by atoms with Gasteiger partial charge in [-0.05, 0) is 23.3 Å². The molecule has 0 unspecified atom stereocenters. The van der Waals surface area contributed by atoms with Gasteiger partial charge in [0.15, 0.2) is 11.5 Å². The highest BCUT2D eigenvalue weighted by molar-refractivity contribution is 5.76. The zero-order valence-corrected chi connectivity index (χ0v) is 17.0. The van der Waals surface area contributed by atoms with Gasteiger partial charge in [0, 0.05) is 59.3 Å². The molecule has 0 aromatic heterocycles. The van der Waals surface area contributed by atoms with Crippen LogP contribution in [0.1, 0.15) is 17.5 Å². The van der Waals surface area contributed by atoms with Crippen LogP contribution in [0.25, 0.3) is 0 Å². The highest BCUT2D eigenvalue weighted by Gasteiger charge is 2.20. The van der Waals surface area contributed by atoms with Crippen molar-refractivity contribution in [2.75, 3.05) is 46.6 Å². The predicted molar refractivity (Wildman–Crippen MR) is 112 cm³/mol. The maximum absolute atomic E-state index is 12.5. The Hall–Kier alpha value is -2.57. The van der Waals surface area contributed by atoms with Crippen LogP contribution in [-0.2, 0) is 17.9 Å². The van der Waals surface area contributed by atoms with E-state index in [0.717, 1.165) is 50.8 Å². The van der Waals surface area contributed by atoms with E-state index in [-0.39, 0.29) is 5.91 Å². The van der Waals surface area contributed by atoms with Crippen LogP contribution in [0.2, 0.25) is 0 Å². The lowest BCUT2D eigenvalue weighted by Crippen LogP contribution is -2.46. The van der Waals surface area contributed by atoms with Crippen molar-refractivity contribution >= 4 is 5.91 Å². The minimum atomic E-state index is 0.205. The van der Waals surface area contributed by atoms with Crippen molar-refractivity contribution in [1.29, 1.82) is 0 Å². The Kier molecular flexibility index (Phi) is 6.32. The van der Waals surface area contributed by atoms with Crippen LogP contribution >= 0.6 is 0 Å². The molecular weight excluding hydrogens is 366 g/mol. The molecule has 154 valence electrons. The molecule has 2 aliphatic rings. The van der Waals surface area contributed by atoms with Gasteiger partial charge in [0.05, 0.1) is 0 Å². The van der Waals surface area contributed by atoms with E-state index in [1.807, 2.05) is 36.2 Å². The molecule has 1 amide bonds. The Bertz CT molecular complexity index is 819. The molecule has 0 N–H and O–H groups in total. The largest absolute Gasteiger partial charge is 0.454 e. The van der Waals surface area contributed by atoms with Crippen LogP contribution in [0.5, 0.6) is 11.5 Å². The van der Waals surface area contributed by atoms with Crippen LogP contribution in [0.3, 0.4) is 0 Å². The predicted octanol–water partition coefficient (Wildman–Crippen LogP) is 2.58. The number of rotatable bonds is 7. The van der Waals surface area contributed by atoms with Crippen molar-refractivity contribution in [3.8, 4) is 11.5 Å². The number of benzene rings is 2. The van der Waals surface area contributed by atoms with Crippen LogP contribution in [-0.4, -0.2) is 67.2 Å². The Morgan fingerprint density at radius 1 is 0.931 bits per heavy atom. The van der Waals surface area contributed by atoms with Gasteiger partial charge in [-0.1, -0.05) is 36.4 Å². The number of ether oxygens (including phenoxy) is 2. The first-order chi connectivity index (χ1) is 14.2. The van der Waals surface area contributed by atoms with Gasteiger partial charge in [-0.2, -0.15) is 0 Å². The van der Waals surface area contributed by atoms with Crippen molar-refractivity contribution in [1.82, 2.24) is 14.7 Å². The molecule has 0 spiro atoms. The van der Waals surface area contributed by atoms with Gasteiger partial charge in [-0.15, -0.1) is 0 Å². The second-order valence-corrected chi connectivity index (χ2v) is 7.79. The van der Waals surface area contributed by atoms with Crippen molar-refractivity contribution in [2.45, 2.75) is 19.5 Å². The normalized spacial score (nSPS) is 16.7. The van der Waals surface area contributed by atoms with E-state index in [0.29, 0.717) is 19.8 Å². The Morgan fingerprint density at radius 3 is 2.45 bits per heavy atom. The van der Waals surface area contributed by atoms with E-state index in [2.05, 4.69) is 34.1 Å². The van der Waals surface area contributed by atoms with E-state index in [4.69, 9.17) is 9.47 Å². The van der Waals surface area contributed by atoms with Crippen LogP contribution in [0, 0.1) is 0 Å². The molecule has 2 aromatic carbocycles. The monoisotopic (exact) mass is 395 g/mol. The number of carbonyl (C=O) groups is 1. The average Bonchev–Trinajstić information content (AvgIpc) is 3.21. The molecule has 2 aliphatic heterocycles. The molecule has 0 bridgehead atoms. The first-order valence-electron chi connectivity index (χ1n) is 10.3.